The number of rotatable bonds is 2. The molecule has 5 rings (SSSR count). The molecular weight excluding hydrogens is 436 g/mol. The second kappa shape index (κ2) is 8.68. The Bertz CT molecular complexity index is 793. The molecule has 0 radical (unpaired) electrons. The molecule has 1 aliphatic heterocycles. The van der Waals surface area contributed by atoms with Crippen molar-refractivity contribution in [3.05, 3.63) is 0 Å². The first-order chi connectivity index (χ1) is 16.3. The average molecular weight is 491 g/mol. The molecule has 0 aromatic rings. The first kappa shape index (κ1) is 26.4. The van der Waals surface area contributed by atoms with E-state index in [2.05, 4.69) is 48.5 Å². The van der Waals surface area contributed by atoms with E-state index in [1.165, 1.54) is 19.3 Å². The minimum absolute atomic E-state index is 0.00596. The van der Waals surface area contributed by atoms with Gasteiger partial charge in [-0.15, -0.1) is 0 Å². The topological polar surface area (TPSA) is 69.9 Å². The summed E-state index contributed by atoms with van der Waals surface area (Å²) in [5, 5.41) is 34.9. The molecule has 4 aliphatic carbocycles. The maximum atomic E-state index is 12.3. The summed E-state index contributed by atoms with van der Waals surface area (Å²) >= 11 is 0. The van der Waals surface area contributed by atoms with E-state index in [0.29, 0.717) is 35.5 Å². The summed E-state index contributed by atoms with van der Waals surface area (Å²) in [6.45, 7) is 20.2. The van der Waals surface area contributed by atoms with Crippen LogP contribution in [0.5, 0.6) is 0 Å². The molecule has 5 fully saturated rings. The van der Waals surface area contributed by atoms with Crippen molar-refractivity contribution in [2.45, 2.75) is 106 Å². The van der Waals surface area contributed by atoms with E-state index < -0.39 is 12.2 Å². The molecule has 0 aromatic heterocycles. The summed E-state index contributed by atoms with van der Waals surface area (Å²) in [6, 6.07) is 0. The van der Waals surface area contributed by atoms with Gasteiger partial charge in [-0.3, -0.25) is 0 Å². The molecule has 1 saturated heterocycles. The van der Waals surface area contributed by atoms with Gasteiger partial charge in [0.25, 0.3) is 0 Å². The zero-order valence-corrected chi connectivity index (χ0v) is 23.7. The molecule has 3 N–H and O–H groups in total. The summed E-state index contributed by atoms with van der Waals surface area (Å²) in [7, 11) is 0. The molecule has 1 heterocycles. The second-order valence-electron chi connectivity index (χ2n) is 15.2. The normalized spacial score (nSPS) is 61.5. The van der Waals surface area contributed by atoms with E-state index in [1.807, 2.05) is 6.92 Å². The Morgan fingerprint density at radius 1 is 0.943 bits per heavy atom. The highest BCUT2D eigenvalue weighted by Crippen LogP contribution is 2.73. The fourth-order valence-electron chi connectivity index (χ4n) is 11.8. The fourth-order valence-corrected chi connectivity index (χ4v) is 11.8. The van der Waals surface area contributed by atoms with Crippen molar-refractivity contribution in [1.29, 1.82) is 0 Å². The van der Waals surface area contributed by atoms with Gasteiger partial charge in [0.15, 0.2) is 0 Å². The van der Waals surface area contributed by atoms with Crippen LogP contribution in [0.25, 0.3) is 0 Å². The Morgan fingerprint density at radius 3 is 2.23 bits per heavy atom. The van der Waals surface area contributed by atoms with Crippen LogP contribution in [-0.2, 0) is 4.74 Å². The van der Waals surface area contributed by atoms with Gasteiger partial charge < -0.3 is 20.1 Å². The van der Waals surface area contributed by atoms with E-state index in [0.717, 1.165) is 26.1 Å². The monoisotopic (exact) mass is 490 g/mol. The minimum atomic E-state index is -0.549. The molecule has 4 heteroatoms. The third kappa shape index (κ3) is 3.58. The zero-order chi connectivity index (χ0) is 25.7. The van der Waals surface area contributed by atoms with Crippen LogP contribution in [0.1, 0.15) is 87.5 Å². The first-order valence-corrected chi connectivity index (χ1v) is 14.9. The van der Waals surface area contributed by atoms with Crippen molar-refractivity contribution >= 4 is 0 Å². The number of hydrogen-bond acceptors (Lipinski definition) is 4. The van der Waals surface area contributed by atoms with E-state index >= 15 is 0 Å². The van der Waals surface area contributed by atoms with Gasteiger partial charge >= 0.3 is 0 Å². The highest BCUT2D eigenvalue weighted by molar-refractivity contribution is 5.19. The molecule has 0 aromatic carbocycles. The van der Waals surface area contributed by atoms with Gasteiger partial charge in [0.2, 0.25) is 0 Å². The van der Waals surface area contributed by atoms with Crippen LogP contribution in [0.2, 0.25) is 0 Å². The third-order valence-electron chi connectivity index (χ3n) is 13.6. The lowest BCUT2D eigenvalue weighted by atomic mass is 9.33. The SMILES string of the molecule is CC(O)C1C(C)CC2(C)CC3(C)CC4C(C5CCOC5)CC(C)C(C)C4C(O)C3C(C)C2(C)C1O. The Hall–Kier alpha value is -0.160. The lowest BCUT2D eigenvalue weighted by Gasteiger charge is -2.72. The molecular formula is C31H54O4. The summed E-state index contributed by atoms with van der Waals surface area (Å²) in [5.74, 6) is 3.93. The number of ether oxygens (including phenoxy) is 1. The van der Waals surface area contributed by atoms with Crippen LogP contribution < -0.4 is 0 Å². The van der Waals surface area contributed by atoms with Crippen LogP contribution in [0.15, 0.2) is 0 Å². The molecule has 5 aliphatic rings. The first-order valence-electron chi connectivity index (χ1n) is 14.9. The predicted octanol–water partition coefficient (Wildman–Crippen LogP) is 5.38. The Morgan fingerprint density at radius 2 is 1.63 bits per heavy atom. The number of aliphatic hydroxyl groups is 3. The molecule has 4 nitrogen and oxygen atoms in total. The lowest BCUT2D eigenvalue weighted by molar-refractivity contribution is -0.281. The van der Waals surface area contributed by atoms with Gasteiger partial charge in [0.05, 0.1) is 18.3 Å². The summed E-state index contributed by atoms with van der Waals surface area (Å²) in [6.07, 6.45) is 4.38. The smallest absolute Gasteiger partial charge is 0.0656 e. The third-order valence-corrected chi connectivity index (χ3v) is 13.6. The van der Waals surface area contributed by atoms with Crippen molar-refractivity contribution < 1.29 is 20.1 Å². The summed E-state index contributed by atoms with van der Waals surface area (Å²) < 4.78 is 5.87. The molecule has 0 bridgehead atoms. The molecule has 16 atom stereocenters. The van der Waals surface area contributed by atoms with Crippen molar-refractivity contribution in [2.24, 2.45) is 75.4 Å². The number of aliphatic hydroxyl groups excluding tert-OH is 3. The lowest BCUT2D eigenvalue weighted by Crippen LogP contribution is -2.70. The summed E-state index contributed by atoms with van der Waals surface area (Å²) in [5.41, 5.74) is -0.251. The van der Waals surface area contributed by atoms with Gasteiger partial charge in [-0.2, -0.15) is 0 Å². The van der Waals surface area contributed by atoms with Crippen LogP contribution in [0, 0.1) is 75.4 Å². The van der Waals surface area contributed by atoms with Gasteiger partial charge in [-0.25, -0.2) is 0 Å². The Labute approximate surface area is 214 Å². The predicted molar refractivity (Wildman–Crippen MR) is 140 cm³/mol. The van der Waals surface area contributed by atoms with Crippen LogP contribution in [0.4, 0.5) is 0 Å². The van der Waals surface area contributed by atoms with Crippen LogP contribution in [0.3, 0.4) is 0 Å². The van der Waals surface area contributed by atoms with Gasteiger partial charge in [0.1, 0.15) is 0 Å². The molecule has 16 unspecified atom stereocenters. The van der Waals surface area contributed by atoms with Crippen molar-refractivity contribution in [1.82, 2.24) is 0 Å². The molecule has 0 amide bonds. The van der Waals surface area contributed by atoms with E-state index in [4.69, 9.17) is 4.74 Å². The zero-order valence-electron chi connectivity index (χ0n) is 23.7. The van der Waals surface area contributed by atoms with E-state index in [9.17, 15) is 15.3 Å². The van der Waals surface area contributed by atoms with Crippen LogP contribution in [-0.4, -0.2) is 46.8 Å². The number of fused-ring (bicyclic) bond motifs is 3. The highest BCUT2D eigenvalue weighted by atomic mass is 16.5. The molecule has 35 heavy (non-hydrogen) atoms. The fraction of sp³-hybridized carbons (Fsp3) is 1.00. The van der Waals surface area contributed by atoms with Crippen LogP contribution >= 0.6 is 0 Å². The average Bonchev–Trinajstić information content (AvgIpc) is 3.27. The number of hydrogen-bond donors (Lipinski definition) is 3. The minimum Gasteiger partial charge on any atom is -0.393 e. The van der Waals surface area contributed by atoms with Gasteiger partial charge in [-0.1, -0.05) is 48.5 Å². The van der Waals surface area contributed by atoms with Crippen molar-refractivity contribution in [3.63, 3.8) is 0 Å². The van der Waals surface area contributed by atoms with E-state index in [-0.39, 0.29) is 46.0 Å². The van der Waals surface area contributed by atoms with Crippen molar-refractivity contribution in [2.75, 3.05) is 13.2 Å². The second-order valence-corrected chi connectivity index (χ2v) is 15.2. The Balaban J connectivity index is 1.55. The molecule has 202 valence electrons. The maximum Gasteiger partial charge on any atom is 0.0656 e. The molecule has 0 spiro atoms. The largest absolute Gasteiger partial charge is 0.393 e. The Kier molecular flexibility index (Phi) is 6.56. The van der Waals surface area contributed by atoms with Gasteiger partial charge in [-0.05, 0) is 103 Å². The van der Waals surface area contributed by atoms with Gasteiger partial charge in [0, 0.05) is 24.5 Å². The summed E-state index contributed by atoms with van der Waals surface area (Å²) in [4.78, 5) is 0. The van der Waals surface area contributed by atoms with Crippen molar-refractivity contribution in [3.8, 4) is 0 Å². The maximum absolute atomic E-state index is 12.3. The van der Waals surface area contributed by atoms with E-state index in [1.54, 1.807) is 0 Å². The highest BCUT2D eigenvalue weighted by Gasteiger charge is 2.70. The quantitative estimate of drug-likeness (QED) is 0.486. The standard InChI is InChI=1S/C31H54O4/c1-16-11-22(21-9-10-35-14-21)23-13-29(6)15-30(7)12-17(2)24(20(5)32)28(34)31(30,8)19(4)26(29)27(33)25(23)18(16)3/h16-28,32-34H,9-15H2,1-8H3. The molecule has 4 saturated carbocycles.